The van der Waals surface area contributed by atoms with Crippen LogP contribution in [0.1, 0.15) is 17.0 Å². The second kappa shape index (κ2) is 8.02. The van der Waals surface area contributed by atoms with E-state index in [2.05, 4.69) is 15.5 Å². The molecule has 1 saturated heterocycles. The highest BCUT2D eigenvalue weighted by Gasteiger charge is 2.32. The summed E-state index contributed by atoms with van der Waals surface area (Å²) in [6.45, 7) is 1.93. The van der Waals surface area contributed by atoms with Crippen LogP contribution in [0.2, 0.25) is 0 Å². The highest BCUT2D eigenvalue weighted by molar-refractivity contribution is 8.26. The zero-order chi connectivity index (χ0) is 18.7. The van der Waals surface area contributed by atoms with Gasteiger partial charge in [-0.25, -0.2) is 4.39 Å². The Labute approximate surface area is 162 Å². The minimum atomic E-state index is -0.413. The summed E-state index contributed by atoms with van der Waals surface area (Å²) in [6, 6.07) is 6.18. The van der Waals surface area contributed by atoms with Crippen LogP contribution < -0.4 is 5.32 Å². The first-order valence-corrected chi connectivity index (χ1v) is 9.58. The third kappa shape index (κ3) is 4.32. The van der Waals surface area contributed by atoms with Crippen LogP contribution in [0, 0.1) is 12.7 Å². The average molecular weight is 409 g/mol. The summed E-state index contributed by atoms with van der Waals surface area (Å²) in [5, 5.41) is 11.4. The normalized spacial score (nSPS) is 15.8. The van der Waals surface area contributed by atoms with Gasteiger partial charge in [-0.1, -0.05) is 53.5 Å². The number of carbonyl (C=O) groups excluding carboxylic acids is 2. The zero-order valence-corrected chi connectivity index (χ0v) is 16.0. The van der Waals surface area contributed by atoms with E-state index in [0.717, 1.165) is 16.8 Å². The highest BCUT2D eigenvalue weighted by Crippen LogP contribution is 2.33. The number of thiocarbonyl (C=S) groups is 1. The second-order valence-corrected chi connectivity index (χ2v) is 8.14. The molecule has 134 valence electrons. The van der Waals surface area contributed by atoms with E-state index in [1.807, 2.05) is 0 Å². The van der Waals surface area contributed by atoms with Crippen molar-refractivity contribution in [2.45, 2.75) is 13.3 Å². The summed E-state index contributed by atoms with van der Waals surface area (Å²) >= 11 is 7.57. The molecule has 1 aliphatic rings. The summed E-state index contributed by atoms with van der Waals surface area (Å²) in [5.74, 6) is -1.03. The Morgan fingerprint density at radius 2 is 2.15 bits per heavy atom. The lowest BCUT2D eigenvalue weighted by molar-refractivity contribution is -0.122. The van der Waals surface area contributed by atoms with E-state index in [-0.39, 0.29) is 24.8 Å². The summed E-state index contributed by atoms with van der Waals surface area (Å²) in [4.78, 5) is 26.1. The van der Waals surface area contributed by atoms with Crippen molar-refractivity contribution < 1.29 is 14.0 Å². The minimum absolute atomic E-state index is 0.0675. The molecule has 0 saturated carbocycles. The molecule has 26 heavy (non-hydrogen) atoms. The molecule has 3 rings (SSSR count). The minimum Gasteiger partial charge on any atom is -0.300 e. The molecular formula is C16H13FN4O2S3. The molecule has 1 aromatic carbocycles. The van der Waals surface area contributed by atoms with Crippen molar-refractivity contribution in [2.24, 2.45) is 0 Å². The summed E-state index contributed by atoms with van der Waals surface area (Å²) < 4.78 is 14.1. The van der Waals surface area contributed by atoms with Crippen LogP contribution in [0.15, 0.2) is 29.2 Å². The molecule has 1 aliphatic heterocycles. The predicted octanol–water partition coefficient (Wildman–Crippen LogP) is 3.22. The van der Waals surface area contributed by atoms with Crippen LogP contribution in [-0.4, -0.2) is 37.8 Å². The lowest BCUT2D eigenvalue weighted by Gasteiger charge is -2.13. The molecule has 2 aromatic rings. The van der Waals surface area contributed by atoms with Crippen LogP contribution >= 0.6 is 35.3 Å². The number of carbonyl (C=O) groups is 2. The number of benzene rings is 1. The van der Waals surface area contributed by atoms with Gasteiger partial charge in [-0.05, 0) is 19.1 Å². The molecule has 0 atom stereocenters. The van der Waals surface area contributed by atoms with Crippen molar-refractivity contribution in [2.75, 3.05) is 11.9 Å². The Kier molecular flexibility index (Phi) is 5.74. The third-order valence-corrected chi connectivity index (χ3v) is 5.53. The van der Waals surface area contributed by atoms with Gasteiger partial charge < -0.3 is 5.32 Å². The van der Waals surface area contributed by atoms with Gasteiger partial charge in [0.1, 0.15) is 15.1 Å². The van der Waals surface area contributed by atoms with Crippen LogP contribution in [-0.2, 0) is 9.59 Å². The summed E-state index contributed by atoms with van der Waals surface area (Å²) in [7, 11) is 0. The topological polar surface area (TPSA) is 75.2 Å². The van der Waals surface area contributed by atoms with Gasteiger partial charge >= 0.3 is 0 Å². The van der Waals surface area contributed by atoms with Crippen molar-refractivity contribution in [3.05, 3.63) is 45.6 Å². The number of hydrogen-bond acceptors (Lipinski definition) is 7. The standard InChI is InChI=1S/C16H13FN4O2S3/c1-9-19-20-15(25-9)18-13(22)6-7-21-14(23)12(26-16(21)24)8-10-4-2-3-5-11(10)17/h2-5,8H,6-7H2,1H3,(H,18,20,22)/b12-8+. The van der Waals surface area contributed by atoms with Crippen LogP contribution in [0.4, 0.5) is 9.52 Å². The highest BCUT2D eigenvalue weighted by atomic mass is 32.2. The monoisotopic (exact) mass is 408 g/mol. The number of nitrogens with zero attached hydrogens (tertiary/aromatic N) is 3. The van der Waals surface area contributed by atoms with E-state index in [9.17, 15) is 14.0 Å². The van der Waals surface area contributed by atoms with Crippen molar-refractivity contribution >= 4 is 62.7 Å². The zero-order valence-electron chi connectivity index (χ0n) is 13.6. The molecule has 0 bridgehead atoms. The number of aromatic nitrogens is 2. The molecule has 0 spiro atoms. The van der Waals surface area contributed by atoms with Gasteiger partial charge in [0.15, 0.2) is 0 Å². The van der Waals surface area contributed by atoms with Crippen LogP contribution in [0.3, 0.4) is 0 Å². The van der Waals surface area contributed by atoms with Crippen molar-refractivity contribution in [1.29, 1.82) is 0 Å². The molecule has 2 amide bonds. The first-order chi connectivity index (χ1) is 12.4. The lowest BCUT2D eigenvalue weighted by atomic mass is 10.2. The fraction of sp³-hybridized carbons (Fsp3) is 0.188. The second-order valence-electron chi connectivity index (χ2n) is 5.28. The van der Waals surface area contributed by atoms with E-state index in [0.29, 0.717) is 19.9 Å². The Balaban J connectivity index is 1.62. The maximum absolute atomic E-state index is 13.8. The van der Waals surface area contributed by atoms with Crippen molar-refractivity contribution in [1.82, 2.24) is 15.1 Å². The molecule has 1 aromatic heterocycles. The number of rotatable bonds is 5. The third-order valence-electron chi connectivity index (χ3n) is 3.40. The molecule has 6 nitrogen and oxygen atoms in total. The molecule has 0 aliphatic carbocycles. The Morgan fingerprint density at radius 3 is 2.85 bits per heavy atom. The van der Waals surface area contributed by atoms with E-state index in [1.54, 1.807) is 25.1 Å². The van der Waals surface area contributed by atoms with Crippen LogP contribution in [0.25, 0.3) is 6.08 Å². The van der Waals surface area contributed by atoms with E-state index in [1.165, 1.54) is 28.4 Å². The first kappa shape index (κ1) is 18.6. The van der Waals surface area contributed by atoms with Crippen LogP contribution in [0.5, 0.6) is 0 Å². The van der Waals surface area contributed by atoms with Gasteiger partial charge in [0.05, 0.1) is 4.91 Å². The first-order valence-electron chi connectivity index (χ1n) is 7.54. The van der Waals surface area contributed by atoms with E-state index in [4.69, 9.17) is 12.2 Å². The van der Waals surface area contributed by atoms with Gasteiger partial charge in [-0.3, -0.25) is 14.5 Å². The Hall–Kier alpha value is -2.17. The Bertz CT molecular complexity index is 912. The smallest absolute Gasteiger partial charge is 0.266 e. The maximum Gasteiger partial charge on any atom is 0.266 e. The molecule has 2 heterocycles. The van der Waals surface area contributed by atoms with Gasteiger partial charge in [-0.2, -0.15) is 0 Å². The maximum atomic E-state index is 13.8. The molecule has 10 heteroatoms. The number of amides is 2. The number of anilines is 1. The number of hydrogen-bond donors (Lipinski definition) is 1. The average Bonchev–Trinajstić information content (AvgIpc) is 3.11. The van der Waals surface area contributed by atoms with Crippen molar-refractivity contribution in [3.8, 4) is 0 Å². The number of thioether (sulfide) groups is 1. The molecule has 1 N–H and O–H groups in total. The predicted molar refractivity (Wildman–Crippen MR) is 104 cm³/mol. The largest absolute Gasteiger partial charge is 0.300 e. The van der Waals surface area contributed by atoms with Gasteiger partial charge in [0, 0.05) is 18.5 Å². The molecular weight excluding hydrogens is 395 g/mol. The lowest BCUT2D eigenvalue weighted by Crippen LogP contribution is -2.31. The fourth-order valence-corrected chi connectivity index (χ4v) is 4.08. The summed E-state index contributed by atoms with van der Waals surface area (Å²) in [6.07, 6.45) is 1.54. The summed E-state index contributed by atoms with van der Waals surface area (Å²) in [5.41, 5.74) is 0.317. The molecule has 0 unspecified atom stereocenters. The Morgan fingerprint density at radius 1 is 1.38 bits per heavy atom. The number of aryl methyl sites for hydroxylation is 1. The fourth-order valence-electron chi connectivity index (χ4n) is 2.17. The van der Waals surface area contributed by atoms with Gasteiger partial charge in [0.2, 0.25) is 11.0 Å². The van der Waals surface area contributed by atoms with Gasteiger partial charge in [-0.15, -0.1) is 10.2 Å². The van der Waals surface area contributed by atoms with E-state index < -0.39 is 5.82 Å². The SMILES string of the molecule is Cc1nnc(NC(=O)CCN2C(=O)/C(=C\c3ccccc3F)SC2=S)s1. The quantitative estimate of drug-likeness (QED) is 0.605. The number of halogens is 1. The van der Waals surface area contributed by atoms with Gasteiger partial charge in [0.25, 0.3) is 5.91 Å². The molecule has 0 radical (unpaired) electrons. The van der Waals surface area contributed by atoms with Crippen molar-refractivity contribution in [3.63, 3.8) is 0 Å². The number of nitrogens with one attached hydrogen (secondary N) is 1. The molecule has 1 fully saturated rings. The van der Waals surface area contributed by atoms with E-state index >= 15 is 0 Å².